The third kappa shape index (κ3) is 6.17. The summed E-state index contributed by atoms with van der Waals surface area (Å²) in [6, 6.07) is 0.584. The maximum Gasteiger partial charge on any atom is 0.0700 e. The molecule has 0 aliphatic heterocycles. The summed E-state index contributed by atoms with van der Waals surface area (Å²) in [7, 11) is 1.71. The molecule has 108 valence electrons. The van der Waals surface area contributed by atoms with E-state index in [0.29, 0.717) is 18.1 Å². The first-order valence-corrected chi connectivity index (χ1v) is 7.38. The molecule has 1 aliphatic carbocycles. The number of hydrogen-bond acceptors (Lipinski definition) is 3. The van der Waals surface area contributed by atoms with Crippen molar-refractivity contribution in [2.45, 2.75) is 52.5 Å². The van der Waals surface area contributed by atoms with Gasteiger partial charge in [0.1, 0.15) is 0 Å². The minimum atomic E-state index is 0.467. The summed E-state index contributed by atoms with van der Waals surface area (Å²) in [5.41, 5.74) is 0.467. The SMILES string of the molecule is COCCOCCCC(C)(CNC(C)C)C1CC1. The van der Waals surface area contributed by atoms with Gasteiger partial charge in [-0.15, -0.1) is 0 Å². The van der Waals surface area contributed by atoms with E-state index < -0.39 is 0 Å². The topological polar surface area (TPSA) is 30.5 Å². The Hall–Kier alpha value is -0.120. The summed E-state index contributed by atoms with van der Waals surface area (Å²) in [5.74, 6) is 0.933. The lowest BCUT2D eigenvalue weighted by Crippen LogP contribution is -2.37. The first kappa shape index (κ1) is 15.9. The highest BCUT2D eigenvalue weighted by Gasteiger charge is 2.40. The molecule has 1 rings (SSSR count). The number of ether oxygens (including phenoxy) is 2. The molecule has 3 heteroatoms. The van der Waals surface area contributed by atoms with Crippen molar-refractivity contribution in [3.05, 3.63) is 0 Å². The molecule has 1 atom stereocenters. The van der Waals surface area contributed by atoms with Crippen LogP contribution in [0.15, 0.2) is 0 Å². The van der Waals surface area contributed by atoms with Crippen LogP contribution >= 0.6 is 0 Å². The van der Waals surface area contributed by atoms with Crippen molar-refractivity contribution in [2.24, 2.45) is 11.3 Å². The molecule has 1 aliphatic rings. The molecule has 1 unspecified atom stereocenters. The second-order valence-corrected chi connectivity index (χ2v) is 6.17. The molecule has 0 spiro atoms. The van der Waals surface area contributed by atoms with Gasteiger partial charge in [-0.25, -0.2) is 0 Å². The fraction of sp³-hybridized carbons (Fsp3) is 1.00. The molecule has 0 aromatic heterocycles. The highest BCUT2D eigenvalue weighted by atomic mass is 16.5. The molecule has 0 saturated heterocycles. The molecule has 18 heavy (non-hydrogen) atoms. The lowest BCUT2D eigenvalue weighted by atomic mass is 9.80. The number of rotatable bonds is 11. The number of methoxy groups -OCH3 is 1. The predicted molar refractivity (Wildman–Crippen MR) is 75.9 cm³/mol. The van der Waals surface area contributed by atoms with Crippen molar-refractivity contribution >= 4 is 0 Å². The molecule has 0 bridgehead atoms. The molecule has 0 aromatic rings. The Kier molecular flexibility index (Phi) is 7.20. The summed E-state index contributed by atoms with van der Waals surface area (Å²) in [6.07, 6.45) is 5.27. The molecule has 1 fully saturated rings. The molecule has 0 aromatic carbocycles. The third-order valence-electron chi connectivity index (χ3n) is 3.95. The van der Waals surface area contributed by atoms with Crippen molar-refractivity contribution in [2.75, 3.05) is 33.5 Å². The van der Waals surface area contributed by atoms with Gasteiger partial charge in [0.15, 0.2) is 0 Å². The van der Waals surface area contributed by atoms with Crippen molar-refractivity contribution in [1.29, 1.82) is 0 Å². The van der Waals surface area contributed by atoms with Gasteiger partial charge in [0.05, 0.1) is 13.2 Å². The van der Waals surface area contributed by atoms with Gasteiger partial charge in [-0.05, 0) is 37.0 Å². The number of nitrogens with one attached hydrogen (secondary N) is 1. The maximum absolute atomic E-state index is 5.55. The lowest BCUT2D eigenvalue weighted by Gasteiger charge is -2.31. The van der Waals surface area contributed by atoms with Crippen molar-refractivity contribution in [1.82, 2.24) is 5.32 Å². The van der Waals surface area contributed by atoms with E-state index in [4.69, 9.17) is 9.47 Å². The molecule has 1 N–H and O–H groups in total. The van der Waals surface area contributed by atoms with Crippen LogP contribution in [0.25, 0.3) is 0 Å². The van der Waals surface area contributed by atoms with Crippen LogP contribution in [0.4, 0.5) is 0 Å². The van der Waals surface area contributed by atoms with E-state index in [0.717, 1.165) is 32.1 Å². The van der Waals surface area contributed by atoms with Gasteiger partial charge < -0.3 is 14.8 Å². The van der Waals surface area contributed by atoms with Gasteiger partial charge in [0.25, 0.3) is 0 Å². The van der Waals surface area contributed by atoms with E-state index in [1.807, 2.05) is 0 Å². The average Bonchev–Trinajstić information content (AvgIpc) is 3.15. The molecule has 1 saturated carbocycles. The zero-order valence-corrected chi connectivity index (χ0v) is 12.6. The van der Waals surface area contributed by atoms with Gasteiger partial charge in [-0.2, -0.15) is 0 Å². The van der Waals surface area contributed by atoms with E-state index in [9.17, 15) is 0 Å². The van der Waals surface area contributed by atoms with Crippen LogP contribution in [0.5, 0.6) is 0 Å². The van der Waals surface area contributed by atoms with Gasteiger partial charge in [-0.3, -0.25) is 0 Å². The predicted octanol–water partition coefficient (Wildman–Crippen LogP) is 2.84. The Labute approximate surface area is 113 Å². The summed E-state index contributed by atoms with van der Waals surface area (Å²) in [5, 5.41) is 3.61. The highest BCUT2D eigenvalue weighted by molar-refractivity contribution is 4.92. The highest BCUT2D eigenvalue weighted by Crippen LogP contribution is 2.47. The molecule has 3 nitrogen and oxygen atoms in total. The zero-order valence-electron chi connectivity index (χ0n) is 12.6. The summed E-state index contributed by atoms with van der Waals surface area (Å²) >= 11 is 0. The largest absolute Gasteiger partial charge is 0.382 e. The quantitative estimate of drug-likeness (QED) is 0.577. The van der Waals surface area contributed by atoms with Crippen LogP contribution in [0.1, 0.15) is 46.5 Å². The summed E-state index contributed by atoms with van der Waals surface area (Å²) in [6.45, 7) is 10.3. The molecular weight excluding hydrogens is 226 g/mol. The molecule has 0 amide bonds. The fourth-order valence-corrected chi connectivity index (χ4v) is 2.48. The van der Waals surface area contributed by atoms with Crippen LogP contribution in [0, 0.1) is 11.3 Å². The van der Waals surface area contributed by atoms with Crippen molar-refractivity contribution in [3.8, 4) is 0 Å². The summed E-state index contributed by atoms with van der Waals surface area (Å²) in [4.78, 5) is 0. The third-order valence-corrected chi connectivity index (χ3v) is 3.95. The van der Waals surface area contributed by atoms with Crippen LogP contribution in [0.2, 0.25) is 0 Å². The maximum atomic E-state index is 5.55. The Balaban J connectivity index is 2.16. The Bertz CT molecular complexity index is 217. The normalized spacial score (nSPS) is 19.2. The van der Waals surface area contributed by atoms with E-state index in [1.165, 1.54) is 19.3 Å². The molecular formula is C15H31NO2. The standard InChI is InChI=1S/C15H31NO2/c1-13(2)16-12-15(3,14-6-7-14)8-5-9-18-11-10-17-4/h13-14,16H,5-12H2,1-4H3. The Morgan fingerprint density at radius 3 is 2.50 bits per heavy atom. The minimum absolute atomic E-state index is 0.467. The summed E-state index contributed by atoms with van der Waals surface area (Å²) < 4.78 is 10.5. The van der Waals surface area contributed by atoms with Crippen LogP contribution in [-0.2, 0) is 9.47 Å². The van der Waals surface area contributed by atoms with Crippen LogP contribution in [0.3, 0.4) is 0 Å². The molecule has 0 radical (unpaired) electrons. The Morgan fingerprint density at radius 1 is 1.22 bits per heavy atom. The van der Waals surface area contributed by atoms with Crippen molar-refractivity contribution in [3.63, 3.8) is 0 Å². The molecule has 0 heterocycles. The number of hydrogen-bond donors (Lipinski definition) is 1. The van der Waals surface area contributed by atoms with Gasteiger partial charge >= 0.3 is 0 Å². The van der Waals surface area contributed by atoms with E-state index in [-0.39, 0.29) is 0 Å². The fourth-order valence-electron chi connectivity index (χ4n) is 2.48. The average molecular weight is 257 g/mol. The second kappa shape index (κ2) is 8.13. The monoisotopic (exact) mass is 257 g/mol. The van der Waals surface area contributed by atoms with E-state index in [1.54, 1.807) is 7.11 Å². The smallest absolute Gasteiger partial charge is 0.0700 e. The first-order chi connectivity index (χ1) is 8.58. The first-order valence-electron chi connectivity index (χ1n) is 7.38. The van der Waals surface area contributed by atoms with E-state index >= 15 is 0 Å². The van der Waals surface area contributed by atoms with Crippen LogP contribution < -0.4 is 5.32 Å². The van der Waals surface area contributed by atoms with E-state index in [2.05, 4.69) is 26.1 Å². The minimum Gasteiger partial charge on any atom is -0.382 e. The van der Waals surface area contributed by atoms with Gasteiger partial charge in [-0.1, -0.05) is 20.8 Å². The van der Waals surface area contributed by atoms with Crippen molar-refractivity contribution < 1.29 is 9.47 Å². The van der Waals surface area contributed by atoms with Crippen LogP contribution in [-0.4, -0.2) is 39.5 Å². The van der Waals surface area contributed by atoms with Gasteiger partial charge in [0, 0.05) is 26.3 Å². The van der Waals surface area contributed by atoms with Gasteiger partial charge in [0.2, 0.25) is 0 Å². The second-order valence-electron chi connectivity index (χ2n) is 6.17. The lowest BCUT2D eigenvalue weighted by molar-refractivity contribution is 0.0626. The Morgan fingerprint density at radius 2 is 1.94 bits per heavy atom. The zero-order chi connectivity index (χ0) is 13.4.